The van der Waals surface area contributed by atoms with Gasteiger partial charge in [-0.3, -0.25) is 4.98 Å². The van der Waals surface area contributed by atoms with Crippen molar-refractivity contribution in [2.24, 2.45) is 0 Å². The maximum Gasteiger partial charge on any atom is 0.124 e. The van der Waals surface area contributed by atoms with Crippen LogP contribution in [-0.2, 0) is 17.4 Å². The van der Waals surface area contributed by atoms with Crippen molar-refractivity contribution in [2.75, 3.05) is 6.54 Å². The summed E-state index contributed by atoms with van der Waals surface area (Å²) in [5.41, 5.74) is 2.27. The van der Waals surface area contributed by atoms with Gasteiger partial charge in [0.25, 0.3) is 0 Å². The summed E-state index contributed by atoms with van der Waals surface area (Å²) in [5.74, 6) is 0.495. The van der Waals surface area contributed by atoms with Crippen LogP contribution in [0.25, 0.3) is 0 Å². The predicted molar refractivity (Wildman–Crippen MR) is 82.9 cm³/mol. The number of nitrogens with zero attached hydrogens (tertiary/aromatic N) is 1. The van der Waals surface area contributed by atoms with E-state index in [4.69, 9.17) is 0 Å². The first kappa shape index (κ1) is 14.9. The Morgan fingerprint density at radius 3 is 2.50 bits per heavy atom. The van der Waals surface area contributed by atoms with Crippen LogP contribution in [-0.4, -0.2) is 15.7 Å². The Hall–Kier alpha value is -1.52. The second-order valence-electron chi connectivity index (χ2n) is 4.96. The van der Waals surface area contributed by atoms with Gasteiger partial charge >= 0.3 is 0 Å². The molecule has 0 spiro atoms. The Morgan fingerprint density at radius 1 is 1.15 bits per heavy atom. The molecule has 1 atom stereocenters. The van der Waals surface area contributed by atoms with Crippen molar-refractivity contribution in [3.63, 3.8) is 0 Å². The van der Waals surface area contributed by atoms with Crippen LogP contribution in [0.5, 0.6) is 0 Å². The third-order valence-corrected chi connectivity index (χ3v) is 4.27. The molecule has 1 aromatic heterocycles. The molecule has 3 nitrogen and oxygen atoms in total. The highest BCUT2D eigenvalue weighted by Gasteiger charge is 2.05. The van der Waals surface area contributed by atoms with Crippen molar-refractivity contribution in [1.29, 1.82) is 0 Å². The second kappa shape index (κ2) is 7.31. The van der Waals surface area contributed by atoms with Gasteiger partial charge in [0.05, 0.1) is 4.90 Å². The zero-order valence-electron chi connectivity index (χ0n) is 11.9. The molecule has 0 amide bonds. The van der Waals surface area contributed by atoms with Gasteiger partial charge in [-0.25, -0.2) is 8.93 Å². The summed E-state index contributed by atoms with van der Waals surface area (Å²) in [6.45, 7) is 4.95. The van der Waals surface area contributed by atoms with Crippen LogP contribution in [0.15, 0.2) is 53.6 Å². The molecule has 0 saturated heterocycles. The number of hydrogen-bond acceptors (Lipinski definition) is 2. The molecule has 0 aliphatic rings. The van der Waals surface area contributed by atoms with Gasteiger partial charge in [-0.2, -0.15) is 0 Å². The Labute approximate surface area is 123 Å². The highest BCUT2D eigenvalue weighted by atomic mass is 32.2. The highest BCUT2D eigenvalue weighted by molar-refractivity contribution is 7.83. The molecule has 1 unspecified atom stereocenters. The third kappa shape index (κ3) is 4.25. The summed E-state index contributed by atoms with van der Waals surface area (Å²) in [6, 6.07) is 13.8. The van der Waals surface area contributed by atoms with E-state index in [-0.39, 0.29) is 0 Å². The van der Waals surface area contributed by atoms with Gasteiger partial charge < -0.3 is 0 Å². The minimum Gasteiger partial charge on any atom is -0.261 e. The molecule has 2 aromatic rings. The monoisotopic (exact) mass is 288 g/mol. The summed E-state index contributed by atoms with van der Waals surface area (Å²) >= 11 is 0. The Bertz CT molecular complexity index is 552. The molecule has 2 rings (SSSR count). The number of benzene rings is 1. The number of pyridine rings is 1. The molecular weight excluding hydrogens is 268 g/mol. The number of rotatable bonds is 6. The van der Waals surface area contributed by atoms with Crippen LogP contribution < -0.4 is 4.72 Å². The zero-order valence-corrected chi connectivity index (χ0v) is 12.7. The molecule has 1 heterocycles. The van der Waals surface area contributed by atoms with Gasteiger partial charge in [0.2, 0.25) is 0 Å². The number of hydrogen-bond donors (Lipinski definition) is 1. The van der Waals surface area contributed by atoms with E-state index in [2.05, 4.69) is 23.6 Å². The van der Waals surface area contributed by atoms with Crippen molar-refractivity contribution in [3.8, 4) is 0 Å². The van der Waals surface area contributed by atoms with E-state index >= 15 is 0 Å². The molecule has 0 bridgehead atoms. The summed E-state index contributed by atoms with van der Waals surface area (Å²) in [7, 11) is -1.16. The molecule has 0 saturated carbocycles. The van der Waals surface area contributed by atoms with Gasteiger partial charge in [0, 0.05) is 24.9 Å². The van der Waals surface area contributed by atoms with Gasteiger partial charge in [-0.15, -0.1) is 0 Å². The van der Waals surface area contributed by atoms with E-state index in [0.29, 0.717) is 12.5 Å². The average molecular weight is 288 g/mol. The molecule has 0 aliphatic heterocycles. The van der Waals surface area contributed by atoms with Crippen LogP contribution in [0.4, 0.5) is 0 Å². The van der Waals surface area contributed by atoms with E-state index < -0.39 is 11.0 Å². The molecule has 20 heavy (non-hydrogen) atoms. The van der Waals surface area contributed by atoms with Crippen molar-refractivity contribution in [2.45, 2.75) is 31.1 Å². The lowest BCUT2D eigenvalue weighted by Crippen LogP contribution is -2.20. The fourth-order valence-corrected chi connectivity index (χ4v) is 2.71. The lowest BCUT2D eigenvalue weighted by molar-refractivity contribution is 0.671. The van der Waals surface area contributed by atoms with E-state index in [1.807, 2.05) is 42.5 Å². The lowest BCUT2D eigenvalue weighted by atomic mass is 10.0. The minimum atomic E-state index is -1.16. The topological polar surface area (TPSA) is 42.0 Å². The number of nitrogens with one attached hydrogen (secondary N) is 1. The van der Waals surface area contributed by atoms with E-state index in [1.54, 1.807) is 6.20 Å². The molecule has 1 aromatic carbocycles. The van der Waals surface area contributed by atoms with E-state index in [9.17, 15) is 4.21 Å². The maximum absolute atomic E-state index is 12.1. The minimum absolute atomic E-state index is 0.495. The number of aromatic nitrogens is 1. The van der Waals surface area contributed by atoms with Gasteiger partial charge in [0.15, 0.2) is 0 Å². The maximum atomic E-state index is 12.1. The van der Waals surface area contributed by atoms with Crippen LogP contribution in [0.3, 0.4) is 0 Å². The Morgan fingerprint density at radius 2 is 1.90 bits per heavy atom. The first-order chi connectivity index (χ1) is 9.66. The zero-order chi connectivity index (χ0) is 14.4. The average Bonchev–Trinajstić information content (AvgIpc) is 2.48. The molecule has 0 radical (unpaired) electrons. The van der Waals surface area contributed by atoms with Crippen LogP contribution in [0.2, 0.25) is 0 Å². The van der Waals surface area contributed by atoms with Crippen molar-refractivity contribution in [1.82, 2.24) is 9.71 Å². The van der Waals surface area contributed by atoms with Crippen LogP contribution >= 0.6 is 0 Å². The standard InChI is InChI=1S/C16H20N2OS/c1-13(2)14-6-8-16(9-7-14)20(19)18-12-10-15-5-3-4-11-17-15/h3-9,11,13,18H,10,12H2,1-2H3. The van der Waals surface area contributed by atoms with Gasteiger partial charge in [-0.05, 0) is 35.7 Å². The Balaban J connectivity index is 1.85. The SMILES string of the molecule is CC(C)c1ccc(S(=O)NCCc2ccccn2)cc1. The Kier molecular flexibility index (Phi) is 5.44. The van der Waals surface area contributed by atoms with Crippen molar-refractivity contribution >= 4 is 11.0 Å². The van der Waals surface area contributed by atoms with Gasteiger partial charge in [-0.1, -0.05) is 32.0 Å². The predicted octanol–water partition coefficient (Wildman–Crippen LogP) is 3.06. The van der Waals surface area contributed by atoms with Gasteiger partial charge in [0.1, 0.15) is 11.0 Å². The fourth-order valence-electron chi connectivity index (χ4n) is 1.88. The molecule has 4 heteroatoms. The largest absolute Gasteiger partial charge is 0.261 e. The summed E-state index contributed by atoms with van der Waals surface area (Å²) in [6.07, 6.45) is 2.55. The van der Waals surface area contributed by atoms with E-state index in [1.165, 1.54) is 5.56 Å². The van der Waals surface area contributed by atoms with Crippen LogP contribution in [0, 0.1) is 0 Å². The first-order valence-corrected chi connectivity index (χ1v) is 7.97. The molecular formula is C16H20N2OS. The first-order valence-electron chi connectivity index (χ1n) is 6.82. The quantitative estimate of drug-likeness (QED) is 0.887. The molecule has 0 aliphatic carbocycles. The lowest BCUT2D eigenvalue weighted by Gasteiger charge is -2.07. The summed E-state index contributed by atoms with van der Waals surface area (Å²) < 4.78 is 15.1. The smallest absolute Gasteiger partial charge is 0.124 e. The molecule has 106 valence electrons. The fraction of sp³-hybridized carbons (Fsp3) is 0.312. The summed E-state index contributed by atoms with van der Waals surface area (Å²) in [5, 5.41) is 0. The molecule has 0 fully saturated rings. The normalized spacial score (nSPS) is 12.6. The third-order valence-electron chi connectivity index (χ3n) is 3.10. The van der Waals surface area contributed by atoms with Crippen LogP contribution in [0.1, 0.15) is 31.0 Å². The van der Waals surface area contributed by atoms with E-state index in [0.717, 1.165) is 17.0 Å². The highest BCUT2D eigenvalue weighted by Crippen LogP contribution is 2.15. The van der Waals surface area contributed by atoms with Crippen molar-refractivity contribution in [3.05, 3.63) is 59.9 Å². The van der Waals surface area contributed by atoms with Crippen molar-refractivity contribution < 1.29 is 4.21 Å². The molecule has 1 N–H and O–H groups in total. The second-order valence-corrected chi connectivity index (χ2v) is 6.26. The summed E-state index contributed by atoms with van der Waals surface area (Å²) in [4.78, 5) is 5.06.